The Hall–Kier alpha value is -0.480. The summed E-state index contributed by atoms with van der Waals surface area (Å²) in [5, 5.41) is 4.33. The van der Waals surface area contributed by atoms with Gasteiger partial charge in [0.05, 0.1) is 16.1 Å². The van der Waals surface area contributed by atoms with Crippen molar-refractivity contribution in [3.8, 4) is 0 Å². The maximum Gasteiger partial charge on any atom is 0.239 e. The topological polar surface area (TPSA) is 32.3 Å². The van der Waals surface area contributed by atoms with Gasteiger partial charge in [0.15, 0.2) is 0 Å². The number of likely N-dealkylation sites (N-methyl/N-ethyl adjacent to an activating group) is 1. The minimum absolute atomic E-state index is 0. The van der Waals surface area contributed by atoms with Crippen molar-refractivity contribution in [3.63, 3.8) is 0 Å². The van der Waals surface area contributed by atoms with Crippen molar-refractivity contribution in [1.82, 2.24) is 10.2 Å². The molecule has 0 saturated carbocycles. The Morgan fingerprint density at radius 1 is 1.35 bits per heavy atom. The molecule has 1 unspecified atom stereocenters. The van der Waals surface area contributed by atoms with Crippen molar-refractivity contribution in [3.05, 3.63) is 33.8 Å². The van der Waals surface area contributed by atoms with Crippen LogP contribution in [0, 0.1) is 0 Å². The van der Waals surface area contributed by atoms with Crippen molar-refractivity contribution in [2.75, 3.05) is 13.6 Å². The van der Waals surface area contributed by atoms with E-state index in [0.29, 0.717) is 16.6 Å². The summed E-state index contributed by atoms with van der Waals surface area (Å²) in [6.45, 7) is 1.48. The fourth-order valence-corrected chi connectivity index (χ4v) is 2.64. The lowest BCUT2D eigenvalue weighted by Gasteiger charge is -2.27. The molecule has 20 heavy (non-hydrogen) atoms. The fourth-order valence-electron chi connectivity index (χ4n) is 2.32. The molecule has 1 N–H and O–H groups in total. The van der Waals surface area contributed by atoms with Crippen LogP contribution in [0.5, 0.6) is 0 Å². The summed E-state index contributed by atoms with van der Waals surface area (Å²) in [5.41, 5.74) is 0.987. The standard InChI is InChI=1S/C14H18Cl2N2O.ClH/c1-18(14(19)13-4-2-3-7-17-13)9-10-5-6-11(15)12(16)8-10;/h5-6,8,13,17H,2-4,7,9H2,1H3;1H. The van der Waals surface area contributed by atoms with Crippen LogP contribution >= 0.6 is 35.6 Å². The molecule has 0 radical (unpaired) electrons. The molecule has 0 aliphatic carbocycles. The monoisotopic (exact) mass is 336 g/mol. The molecule has 1 aromatic carbocycles. The molecular formula is C14H19Cl3N2O. The number of rotatable bonds is 3. The van der Waals surface area contributed by atoms with Gasteiger partial charge in [0.1, 0.15) is 0 Å². The quantitative estimate of drug-likeness (QED) is 0.915. The number of halogens is 3. The van der Waals surface area contributed by atoms with Crippen LogP contribution in [0.4, 0.5) is 0 Å². The molecule has 1 aromatic rings. The highest BCUT2D eigenvalue weighted by molar-refractivity contribution is 6.42. The molecule has 1 aliphatic heterocycles. The second kappa shape index (κ2) is 8.08. The third-order valence-corrected chi connectivity index (χ3v) is 4.13. The van der Waals surface area contributed by atoms with Crippen LogP contribution in [-0.4, -0.2) is 30.4 Å². The molecule has 2 rings (SSSR count). The maximum absolute atomic E-state index is 12.3. The van der Waals surface area contributed by atoms with Crippen LogP contribution in [0.1, 0.15) is 24.8 Å². The zero-order chi connectivity index (χ0) is 13.8. The molecular weight excluding hydrogens is 319 g/mol. The minimum atomic E-state index is -0.0403. The van der Waals surface area contributed by atoms with E-state index in [1.165, 1.54) is 0 Å². The van der Waals surface area contributed by atoms with Crippen LogP contribution in [0.3, 0.4) is 0 Å². The number of hydrogen-bond donors (Lipinski definition) is 1. The first kappa shape index (κ1) is 17.6. The van der Waals surface area contributed by atoms with Gasteiger partial charge in [-0.2, -0.15) is 0 Å². The van der Waals surface area contributed by atoms with Crippen molar-refractivity contribution in [1.29, 1.82) is 0 Å². The van der Waals surface area contributed by atoms with E-state index in [0.717, 1.165) is 31.4 Å². The van der Waals surface area contributed by atoms with E-state index in [1.54, 1.807) is 11.0 Å². The van der Waals surface area contributed by atoms with Crippen molar-refractivity contribution in [2.24, 2.45) is 0 Å². The molecule has 1 saturated heterocycles. The van der Waals surface area contributed by atoms with Gasteiger partial charge in [-0.05, 0) is 37.1 Å². The van der Waals surface area contributed by atoms with E-state index in [2.05, 4.69) is 5.32 Å². The van der Waals surface area contributed by atoms with Gasteiger partial charge in [0.25, 0.3) is 0 Å². The molecule has 0 aromatic heterocycles. The molecule has 1 fully saturated rings. The molecule has 1 heterocycles. The predicted octanol–water partition coefficient (Wildman–Crippen LogP) is 3.52. The molecule has 1 aliphatic rings. The van der Waals surface area contributed by atoms with Crippen LogP contribution in [-0.2, 0) is 11.3 Å². The average molecular weight is 338 g/mol. The Morgan fingerprint density at radius 2 is 2.10 bits per heavy atom. The van der Waals surface area contributed by atoms with Gasteiger partial charge in [-0.3, -0.25) is 4.79 Å². The second-order valence-corrected chi connectivity index (χ2v) is 5.76. The highest BCUT2D eigenvalue weighted by atomic mass is 35.5. The summed E-state index contributed by atoms with van der Waals surface area (Å²) in [6, 6.07) is 5.42. The number of amides is 1. The van der Waals surface area contributed by atoms with E-state index in [9.17, 15) is 4.79 Å². The molecule has 0 bridgehead atoms. The first-order valence-electron chi connectivity index (χ1n) is 6.50. The van der Waals surface area contributed by atoms with E-state index in [4.69, 9.17) is 23.2 Å². The molecule has 0 spiro atoms. The zero-order valence-corrected chi connectivity index (χ0v) is 13.7. The Morgan fingerprint density at radius 3 is 2.70 bits per heavy atom. The Balaban J connectivity index is 0.00000200. The summed E-state index contributed by atoms with van der Waals surface area (Å²) < 4.78 is 0. The Kier molecular flexibility index (Phi) is 7.10. The summed E-state index contributed by atoms with van der Waals surface area (Å²) in [5.74, 6) is 0.144. The number of carbonyl (C=O) groups is 1. The van der Waals surface area contributed by atoms with Crippen LogP contribution in [0.2, 0.25) is 10.0 Å². The molecule has 3 nitrogen and oxygen atoms in total. The number of benzene rings is 1. The molecule has 1 amide bonds. The molecule has 6 heteroatoms. The highest BCUT2D eigenvalue weighted by Gasteiger charge is 2.23. The lowest BCUT2D eigenvalue weighted by atomic mass is 10.0. The normalized spacial score (nSPS) is 18.2. The fraction of sp³-hybridized carbons (Fsp3) is 0.500. The third kappa shape index (κ3) is 4.52. The lowest BCUT2D eigenvalue weighted by molar-refractivity contribution is -0.133. The second-order valence-electron chi connectivity index (χ2n) is 4.95. The van der Waals surface area contributed by atoms with Gasteiger partial charge >= 0.3 is 0 Å². The van der Waals surface area contributed by atoms with Gasteiger partial charge < -0.3 is 10.2 Å². The predicted molar refractivity (Wildman–Crippen MR) is 85.8 cm³/mol. The number of piperidine rings is 1. The van der Waals surface area contributed by atoms with Gasteiger partial charge in [0.2, 0.25) is 5.91 Å². The zero-order valence-electron chi connectivity index (χ0n) is 11.4. The Labute approximate surface area is 136 Å². The third-order valence-electron chi connectivity index (χ3n) is 3.39. The van der Waals surface area contributed by atoms with Gasteiger partial charge in [0, 0.05) is 13.6 Å². The number of nitrogens with zero attached hydrogens (tertiary/aromatic N) is 1. The highest BCUT2D eigenvalue weighted by Crippen LogP contribution is 2.23. The first-order chi connectivity index (χ1) is 9.08. The van der Waals surface area contributed by atoms with Crippen molar-refractivity contribution < 1.29 is 4.79 Å². The van der Waals surface area contributed by atoms with Crippen LogP contribution in [0.15, 0.2) is 18.2 Å². The SMILES string of the molecule is CN(Cc1ccc(Cl)c(Cl)c1)C(=O)C1CCCCN1.Cl. The largest absolute Gasteiger partial charge is 0.340 e. The molecule has 112 valence electrons. The van der Waals surface area contributed by atoms with E-state index in [1.807, 2.05) is 19.2 Å². The molecule has 1 atom stereocenters. The summed E-state index contributed by atoms with van der Waals surface area (Å²) in [7, 11) is 1.82. The average Bonchev–Trinajstić information content (AvgIpc) is 2.43. The van der Waals surface area contributed by atoms with Gasteiger partial charge in [-0.15, -0.1) is 12.4 Å². The van der Waals surface area contributed by atoms with E-state index < -0.39 is 0 Å². The van der Waals surface area contributed by atoms with Crippen LogP contribution < -0.4 is 5.32 Å². The maximum atomic E-state index is 12.3. The summed E-state index contributed by atoms with van der Waals surface area (Å²) >= 11 is 11.9. The van der Waals surface area contributed by atoms with E-state index in [-0.39, 0.29) is 24.4 Å². The lowest BCUT2D eigenvalue weighted by Crippen LogP contribution is -2.46. The Bertz CT molecular complexity index is 462. The minimum Gasteiger partial charge on any atom is -0.340 e. The van der Waals surface area contributed by atoms with Crippen molar-refractivity contribution >= 4 is 41.5 Å². The van der Waals surface area contributed by atoms with Crippen LogP contribution in [0.25, 0.3) is 0 Å². The van der Waals surface area contributed by atoms with E-state index >= 15 is 0 Å². The summed E-state index contributed by atoms with van der Waals surface area (Å²) in [6.07, 6.45) is 3.19. The number of carbonyl (C=O) groups excluding carboxylic acids is 1. The van der Waals surface area contributed by atoms with Gasteiger partial charge in [-0.25, -0.2) is 0 Å². The number of nitrogens with one attached hydrogen (secondary N) is 1. The smallest absolute Gasteiger partial charge is 0.239 e. The summed E-state index contributed by atoms with van der Waals surface area (Å²) in [4.78, 5) is 14.0. The van der Waals surface area contributed by atoms with Gasteiger partial charge in [-0.1, -0.05) is 35.7 Å². The van der Waals surface area contributed by atoms with Crippen molar-refractivity contribution in [2.45, 2.75) is 31.8 Å². The number of hydrogen-bond acceptors (Lipinski definition) is 2. The first-order valence-corrected chi connectivity index (χ1v) is 7.26.